The number of hydrogen-bond acceptors (Lipinski definition) is 5. The van der Waals surface area contributed by atoms with E-state index in [1.165, 1.54) is 18.2 Å². The fourth-order valence-electron chi connectivity index (χ4n) is 2.88. The highest BCUT2D eigenvalue weighted by molar-refractivity contribution is 7.99. The van der Waals surface area contributed by atoms with Crippen molar-refractivity contribution in [3.63, 3.8) is 0 Å². The van der Waals surface area contributed by atoms with Crippen LogP contribution >= 0.6 is 11.8 Å². The molecule has 0 spiro atoms. The summed E-state index contributed by atoms with van der Waals surface area (Å²) in [6, 6.07) is 13.7. The standard InChI is InChI=1S/C22H23F3N2O3S2/c1-2-3-13-30-16-8-10-17(11-9-16)32(28,29)26-12-14-31-20-15-21(22(23,24)25)27-19-7-5-4-6-18(19)20/h4-11,15,26H,2-3,12-14H2,1H3. The fourth-order valence-corrected chi connectivity index (χ4v) is 4.99. The summed E-state index contributed by atoms with van der Waals surface area (Å²) in [5, 5.41) is 0.590. The summed E-state index contributed by atoms with van der Waals surface area (Å²) in [7, 11) is -3.74. The van der Waals surface area contributed by atoms with Crippen LogP contribution in [0.1, 0.15) is 25.5 Å². The van der Waals surface area contributed by atoms with E-state index in [9.17, 15) is 21.6 Å². The average Bonchev–Trinajstić information content (AvgIpc) is 2.76. The summed E-state index contributed by atoms with van der Waals surface area (Å²) >= 11 is 1.14. The van der Waals surface area contributed by atoms with E-state index in [1.807, 2.05) is 0 Å². The van der Waals surface area contributed by atoms with Gasteiger partial charge in [0.05, 0.1) is 17.0 Å². The van der Waals surface area contributed by atoms with Gasteiger partial charge in [-0.1, -0.05) is 31.5 Å². The molecule has 3 aromatic rings. The van der Waals surface area contributed by atoms with Crippen LogP contribution in [0.15, 0.2) is 64.4 Å². The molecule has 0 aliphatic heterocycles. The number of nitrogens with zero attached hydrogens (tertiary/aromatic N) is 1. The number of alkyl halides is 3. The summed E-state index contributed by atoms with van der Waals surface area (Å²) in [4.78, 5) is 4.18. The monoisotopic (exact) mass is 484 g/mol. The van der Waals surface area contributed by atoms with Gasteiger partial charge in [-0.15, -0.1) is 11.8 Å². The number of hydrogen-bond donors (Lipinski definition) is 1. The first-order valence-electron chi connectivity index (χ1n) is 10.0. The van der Waals surface area contributed by atoms with Crippen LogP contribution in [0.2, 0.25) is 0 Å². The number of para-hydroxylation sites is 1. The normalized spacial score (nSPS) is 12.2. The molecule has 0 bridgehead atoms. The number of rotatable bonds is 10. The second-order valence-corrected chi connectivity index (χ2v) is 9.84. The highest BCUT2D eigenvalue weighted by Crippen LogP contribution is 2.34. The van der Waals surface area contributed by atoms with Crippen molar-refractivity contribution in [1.82, 2.24) is 9.71 Å². The number of ether oxygens (including phenoxy) is 1. The van der Waals surface area contributed by atoms with Crippen LogP contribution in [-0.4, -0.2) is 32.3 Å². The Kier molecular flexibility index (Phi) is 8.02. The van der Waals surface area contributed by atoms with Gasteiger partial charge in [0.1, 0.15) is 11.4 Å². The molecule has 172 valence electrons. The van der Waals surface area contributed by atoms with Gasteiger partial charge in [-0.05, 0) is 42.8 Å². The molecule has 1 heterocycles. The smallest absolute Gasteiger partial charge is 0.433 e. The predicted molar refractivity (Wildman–Crippen MR) is 120 cm³/mol. The average molecular weight is 485 g/mol. The van der Waals surface area contributed by atoms with Gasteiger partial charge in [-0.2, -0.15) is 13.2 Å². The summed E-state index contributed by atoms with van der Waals surface area (Å²) in [5.41, 5.74) is -0.729. The highest BCUT2D eigenvalue weighted by atomic mass is 32.2. The van der Waals surface area contributed by atoms with E-state index in [0.717, 1.165) is 30.7 Å². The molecular formula is C22H23F3N2O3S2. The first kappa shape index (κ1) is 24.3. The lowest BCUT2D eigenvalue weighted by Gasteiger charge is -2.12. The zero-order chi connectivity index (χ0) is 23.2. The zero-order valence-corrected chi connectivity index (χ0v) is 19.0. The van der Waals surface area contributed by atoms with Crippen LogP contribution in [0.3, 0.4) is 0 Å². The molecule has 32 heavy (non-hydrogen) atoms. The van der Waals surface area contributed by atoms with E-state index < -0.39 is 21.9 Å². The van der Waals surface area contributed by atoms with Gasteiger partial charge in [0, 0.05) is 22.6 Å². The van der Waals surface area contributed by atoms with Crippen molar-refractivity contribution < 1.29 is 26.3 Å². The molecular weight excluding hydrogens is 461 g/mol. The molecule has 0 radical (unpaired) electrons. The van der Waals surface area contributed by atoms with E-state index >= 15 is 0 Å². The van der Waals surface area contributed by atoms with Gasteiger partial charge in [0.2, 0.25) is 10.0 Å². The van der Waals surface area contributed by atoms with Gasteiger partial charge < -0.3 is 4.74 Å². The van der Waals surface area contributed by atoms with E-state index in [2.05, 4.69) is 16.6 Å². The number of aromatic nitrogens is 1. The number of fused-ring (bicyclic) bond motifs is 1. The number of benzene rings is 2. The van der Waals surface area contributed by atoms with E-state index in [4.69, 9.17) is 4.74 Å². The van der Waals surface area contributed by atoms with Crippen molar-refractivity contribution in [3.05, 3.63) is 60.3 Å². The van der Waals surface area contributed by atoms with Crippen molar-refractivity contribution >= 4 is 32.7 Å². The Morgan fingerprint density at radius 3 is 2.50 bits per heavy atom. The summed E-state index contributed by atoms with van der Waals surface area (Å²) in [6.45, 7) is 2.67. The Morgan fingerprint density at radius 1 is 1.09 bits per heavy atom. The quantitative estimate of drug-likeness (QED) is 0.304. The van der Waals surface area contributed by atoms with Crippen molar-refractivity contribution in [2.24, 2.45) is 0 Å². The molecule has 5 nitrogen and oxygen atoms in total. The first-order chi connectivity index (χ1) is 15.2. The number of nitrogens with one attached hydrogen (secondary N) is 1. The maximum absolute atomic E-state index is 13.2. The lowest BCUT2D eigenvalue weighted by atomic mass is 10.2. The maximum Gasteiger partial charge on any atom is 0.433 e. The first-order valence-corrected chi connectivity index (χ1v) is 12.5. The molecule has 10 heteroatoms. The lowest BCUT2D eigenvalue weighted by Crippen LogP contribution is -2.26. The van der Waals surface area contributed by atoms with Crippen molar-refractivity contribution in [2.45, 2.75) is 35.7 Å². The van der Waals surface area contributed by atoms with Crippen LogP contribution in [0.4, 0.5) is 13.2 Å². The topological polar surface area (TPSA) is 68.3 Å². The minimum Gasteiger partial charge on any atom is -0.494 e. The molecule has 0 saturated heterocycles. The third-order valence-electron chi connectivity index (χ3n) is 4.52. The number of halogens is 3. The number of thioether (sulfide) groups is 1. The third-order valence-corrected chi connectivity index (χ3v) is 7.05. The van der Waals surface area contributed by atoms with Crippen LogP contribution in [0.5, 0.6) is 5.75 Å². The van der Waals surface area contributed by atoms with Gasteiger partial charge >= 0.3 is 6.18 Å². The molecule has 0 saturated carbocycles. The van der Waals surface area contributed by atoms with Crippen molar-refractivity contribution in [3.8, 4) is 5.75 Å². The second kappa shape index (κ2) is 10.5. The molecule has 0 unspecified atom stereocenters. The van der Waals surface area contributed by atoms with Gasteiger partial charge in [-0.25, -0.2) is 18.1 Å². The lowest BCUT2D eigenvalue weighted by molar-refractivity contribution is -0.141. The molecule has 0 amide bonds. The molecule has 2 aromatic carbocycles. The van der Waals surface area contributed by atoms with Gasteiger partial charge in [0.15, 0.2) is 0 Å². The predicted octanol–water partition coefficient (Wildman–Crippen LogP) is 5.50. The van der Waals surface area contributed by atoms with Crippen LogP contribution in [0, 0.1) is 0 Å². The largest absolute Gasteiger partial charge is 0.494 e. The number of unbranched alkanes of at least 4 members (excludes halogenated alkanes) is 1. The Bertz CT molecular complexity index is 1150. The van der Waals surface area contributed by atoms with Crippen molar-refractivity contribution in [2.75, 3.05) is 18.9 Å². The zero-order valence-electron chi connectivity index (χ0n) is 17.4. The highest BCUT2D eigenvalue weighted by Gasteiger charge is 2.33. The second-order valence-electron chi connectivity index (χ2n) is 6.94. The molecule has 0 aliphatic carbocycles. The Balaban J connectivity index is 1.63. The molecule has 0 aliphatic rings. The minimum absolute atomic E-state index is 0.0553. The molecule has 3 rings (SSSR count). The summed E-state index contributed by atoms with van der Waals surface area (Å²) in [5.74, 6) is 0.848. The summed E-state index contributed by atoms with van der Waals surface area (Å²) < 4.78 is 72.5. The number of sulfonamides is 1. The van der Waals surface area contributed by atoms with Gasteiger partial charge in [-0.3, -0.25) is 0 Å². The minimum atomic E-state index is -4.56. The summed E-state index contributed by atoms with van der Waals surface area (Å²) in [6.07, 6.45) is -2.65. The molecule has 1 aromatic heterocycles. The Hall–Kier alpha value is -2.30. The molecule has 0 atom stereocenters. The Morgan fingerprint density at radius 2 is 1.81 bits per heavy atom. The number of pyridine rings is 1. The molecule has 1 N–H and O–H groups in total. The van der Waals surface area contributed by atoms with E-state index in [0.29, 0.717) is 22.6 Å². The fraction of sp³-hybridized carbons (Fsp3) is 0.318. The Labute approximate surface area is 189 Å². The van der Waals surface area contributed by atoms with Crippen molar-refractivity contribution in [1.29, 1.82) is 0 Å². The van der Waals surface area contributed by atoms with Crippen LogP contribution in [-0.2, 0) is 16.2 Å². The van der Waals surface area contributed by atoms with Crippen LogP contribution in [0.25, 0.3) is 10.9 Å². The van der Waals surface area contributed by atoms with Gasteiger partial charge in [0.25, 0.3) is 0 Å². The maximum atomic E-state index is 13.2. The third kappa shape index (κ3) is 6.36. The van der Waals surface area contributed by atoms with E-state index in [1.54, 1.807) is 30.3 Å². The van der Waals surface area contributed by atoms with Crippen LogP contribution < -0.4 is 9.46 Å². The van der Waals surface area contributed by atoms with E-state index in [-0.39, 0.29) is 22.7 Å². The SMILES string of the molecule is CCCCOc1ccc(S(=O)(=O)NCCSc2cc(C(F)(F)F)nc3ccccc23)cc1. The molecule has 0 fully saturated rings.